The molecule has 8 heteroatoms. The third-order valence-electron chi connectivity index (χ3n) is 3.36. The van der Waals surface area contributed by atoms with Crippen LogP contribution in [0.5, 0.6) is 0 Å². The van der Waals surface area contributed by atoms with Crippen LogP contribution in [0.1, 0.15) is 25.3 Å². The molecule has 0 aromatic heterocycles. The number of allylic oxidation sites excluding steroid dienone is 4. The largest absolute Gasteiger partial charge is 0.396 e. The summed E-state index contributed by atoms with van der Waals surface area (Å²) in [5.41, 5.74) is 1.20. The van der Waals surface area contributed by atoms with Crippen molar-refractivity contribution in [3.8, 4) is 0 Å². The standard InChI is InChI=1S/C17H22N2O5S/c1-3-6-16(19(21)22)13-14(2)15-7-9-17(10-8-15)25(23,24)18-11-4-5-12-20/h3,6-10,13,18,20H,1,4-5,11-12H2,2H3/b14-13+,16-6+. The molecule has 0 saturated heterocycles. The lowest BCUT2D eigenvalue weighted by Crippen LogP contribution is -2.24. The number of aliphatic hydroxyl groups is 1. The van der Waals surface area contributed by atoms with Crippen LogP contribution in [0, 0.1) is 10.1 Å². The number of nitro groups is 1. The third-order valence-corrected chi connectivity index (χ3v) is 4.84. The Morgan fingerprint density at radius 2 is 1.96 bits per heavy atom. The fourth-order valence-corrected chi connectivity index (χ4v) is 3.09. The van der Waals surface area contributed by atoms with E-state index in [1.165, 1.54) is 30.4 Å². The Labute approximate surface area is 147 Å². The monoisotopic (exact) mass is 366 g/mol. The van der Waals surface area contributed by atoms with Gasteiger partial charge in [0.1, 0.15) is 0 Å². The Morgan fingerprint density at radius 3 is 2.48 bits per heavy atom. The van der Waals surface area contributed by atoms with Crippen LogP contribution in [0.25, 0.3) is 5.57 Å². The molecular formula is C17H22N2O5S. The van der Waals surface area contributed by atoms with E-state index in [1.807, 2.05) is 0 Å². The van der Waals surface area contributed by atoms with Gasteiger partial charge in [-0.05, 0) is 43.0 Å². The van der Waals surface area contributed by atoms with Crippen molar-refractivity contribution in [3.05, 3.63) is 70.4 Å². The molecule has 0 aliphatic heterocycles. The maximum absolute atomic E-state index is 12.1. The average Bonchev–Trinajstić information content (AvgIpc) is 2.58. The molecule has 0 aliphatic rings. The van der Waals surface area contributed by atoms with Gasteiger partial charge in [-0.1, -0.05) is 24.8 Å². The van der Waals surface area contributed by atoms with Crippen molar-refractivity contribution in [1.29, 1.82) is 0 Å². The molecule has 1 rings (SSSR count). The van der Waals surface area contributed by atoms with Gasteiger partial charge in [-0.2, -0.15) is 0 Å². The Morgan fingerprint density at radius 1 is 1.32 bits per heavy atom. The van der Waals surface area contributed by atoms with Crippen molar-refractivity contribution >= 4 is 15.6 Å². The Kier molecular flexibility index (Phi) is 8.20. The van der Waals surface area contributed by atoms with Gasteiger partial charge in [0.15, 0.2) is 0 Å². The summed E-state index contributed by atoms with van der Waals surface area (Å²) < 4.78 is 26.7. The second-order valence-electron chi connectivity index (χ2n) is 5.26. The molecule has 136 valence electrons. The molecule has 7 nitrogen and oxygen atoms in total. The number of nitrogens with one attached hydrogen (secondary N) is 1. The first-order valence-electron chi connectivity index (χ1n) is 7.68. The zero-order valence-corrected chi connectivity index (χ0v) is 14.8. The Hall–Kier alpha value is -2.29. The number of sulfonamides is 1. The second kappa shape index (κ2) is 9.87. The summed E-state index contributed by atoms with van der Waals surface area (Å²) >= 11 is 0. The van der Waals surface area contributed by atoms with E-state index in [9.17, 15) is 18.5 Å². The predicted octanol–water partition coefficient (Wildman–Crippen LogP) is 2.49. The van der Waals surface area contributed by atoms with Crippen LogP contribution in [0.4, 0.5) is 0 Å². The van der Waals surface area contributed by atoms with Gasteiger partial charge in [0, 0.05) is 25.3 Å². The number of rotatable bonds is 10. The molecule has 0 radical (unpaired) electrons. The van der Waals surface area contributed by atoms with E-state index in [-0.39, 0.29) is 23.7 Å². The summed E-state index contributed by atoms with van der Waals surface area (Å²) in [6.07, 6.45) is 5.11. The molecule has 2 N–H and O–H groups in total. The van der Waals surface area contributed by atoms with Crippen molar-refractivity contribution < 1.29 is 18.4 Å². The van der Waals surface area contributed by atoms with Crippen molar-refractivity contribution in [3.63, 3.8) is 0 Å². The summed E-state index contributed by atoms with van der Waals surface area (Å²) in [7, 11) is -3.61. The zero-order valence-electron chi connectivity index (χ0n) is 14.0. The maximum Gasteiger partial charge on any atom is 0.269 e. The molecule has 0 bridgehead atoms. The van der Waals surface area contributed by atoms with E-state index < -0.39 is 14.9 Å². The molecule has 1 aromatic carbocycles. The average molecular weight is 366 g/mol. The van der Waals surface area contributed by atoms with Crippen LogP contribution >= 0.6 is 0 Å². The molecule has 1 aromatic rings. The number of nitrogens with zero attached hydrogens (tertiary/aromatic N) is 1. The van der Waals surface area contributed by atoms with E-state index in [4.69, 9.17) is 5.11 Å². The minimum absolute atomic E-state index is 0.0223. The van der Waals surface area contributed by atoms with Crippen LogP contribution in [-0.4, -0.2) is 31.6 Å². The van der Waals surface area contributed by atoms with E-state index in [2.05, 4.69) is 11.3 Å². The van der Waals surface area contributed by atoms with Crippen LogP contribution in [-0.2, 0) is 10.0 Å². The van der Waals surface area contributed by atoms with Crippen molar-refractivity contribution in [2.75, 3.05) is 13.2 Å². The summed E-state index contributed by atoms with van der Waals surface area (Å²) in [5, 5.41) is 19.6. The fraction of sp³-hybridized carbons (Fsp3) is 0.294. The number of hydrogen-bond acceptors (Lipinski definition) is 5. The van der Waals surface area contributed by atoms with Gasteiger partial charge in [-0.25, -0.2) is 13.1 Å². The Bertz CT molecular complexity index is 765. The zero-order chi connectivity index (χ0) is 18.9. The number of unbranched alkanes of at least 4 members (excludes halogenated alkanes) is 1. The highest BCUT2D eigenvalue weighted by Crippen LogP contribution is 2.19. The van der Waals surface area contributed by atoms with Gasteiger partial charge >= 0.3 is 0 Å². The van der Waals surface area contributed by atoms with Crippen LogP contribution in [0.15, 0.2) is 59.7 Å². The first-order chi connectivity index (χ1) is 11.8. The van der Waals surface area contributed by atoms with E-state index >= 15 is 0 Å². The van der Waals surface area contributed by atoms with Gasteiger partial charge in [0.25, 0.3) is 5.70 Å². The SMILES string of the molecule is C=C/C=C(\C=C(/C)c1ccc(S(=O)(=O)NCCCCO)cc1)[N+](=O)[O-]. The lowest BCUT2D eigenvalue weighted by molar-refractivity contribution is -0.418. The minimum atomic E-state index is -3.61. The van der Waals surface area contributed by atoms with Gasteiger partial charge in [-0.3, -0.25) is 10.1 Å². The molecule has 0 aliphatic carbocycles. The maximum atomic E-state index is 12.1. The van der Waals surface area contributed by atoms with Crippen molar-refractivity contribution in [2.24, 2.45) is 0 Å². The van der Waals surface area contributed by atoms with Crippen LogP contribution in [0.3, 0.4) is 0 Å². The second-order valence-corrected chi connectivity index (χ2v) is 7.03. The lowest BCUT2D eigenvalue weighted by atomic mass is 10.1. The molecule has 25 heavy (non-hydrogen) atoms. The summed E-state index contributed by atoms with van der Waals surface area (Å²) in [5.74, 6) is 0. The van der Waals surface area contributed by atoms with Crippen LogP contribution < -0.4 is 4.72 Å². The molecular weight excluding hydrogens is 344 g/mol. The van der Waals surface area contributed by atoms with Gasteiger partial charge in [0.2, 0.25) is 10.0 Å². The van der Waals surface area contributed by atoms with Crippen LogP contribution in [0.2, 0.25) is 0 Å². The molecule has 0 saturated carbocycles. The van der Waals surface area contributed by atoms with Crippen molar-refractivity contribution in [1.82, 2.24) is 4.72 Å². The molecule has 0 unspecified atom stereocenters. The van der Waals surface area contributed by atoms with E-state index in [0.717, 1.165) is 0 Å². The molecule has 0 atom stereocenters. The minimum Gasteiger partial charge on any atom is -0.396 e. The highest BCUT2D eigenvalue weighted by Gasteiger charge is 2.13. The van der Waals surface area contributed by atoms with E-state index in [1.54, 1.807) is 19.1 Å². The molecule has 0 heterocycles. The van der Waals surface area contributed by atoms with Gasteiger partial charge < -0.3 is 5.11 Å². The molecule has 0 fully saturated rings. The quantitative estimate of drug-likeness (QED) is 0.286. The van der Waals surface area contributed by atoms with Crippen molar-refractivity contribution in [2.45, 2.75) is 24.7 Å². The summed E-state index contributed by atoms with van der Waals surface area (Å²) in [4.78, 5) is 10.5. The highest BCUT2D eigenvalue weighted by atomic mass is 32.2. The smallest absolute Gasteiger partial charge is 0.269 e. The predicted molar refractivity (Wildman–Crippen MR) is 96.9 cm³/mol. The topological polar surface area (TPSA) is 110 Å². The fourth-order valence-electron chi connectivity index (χ4n) is 2.01. The van der Waals surface area contributed by atoms with Gasteiger partial charge in [-0.15, -0.1) is 0 Å². The first kappa shape index (κ1) is 20.8. The number of hydrogen-bond donors (Lipinski definition) is 2. The molecule has 0 spiro atoms. The third kappa shape index (κ3) is 6.61. The highest BCUT2D eigenvalue weighted by molar-refractivity contribution is 7.89. The number of benzene rings is 1. The molecule has 0 amide bonds. The van der Waals surface area contributed by atoms with Gasteiger partial charge in [0.05, 0.1) is 9.82 Å². The number of aliphatic hydroxyl groups excluding tert-OH is 1. The normalized spacial score (nSPS) is 12.9. The first-order valence-corrected chi connectivity index (χ1v) is 9.16. The summed E-state index contributed by atoms with van der Waals surface area (Å²) in [6, 6.07) is 6.09. The lowest BCUT2D eigenvalue weighted by Gasteiger charge is -2.07. The summed E-state index contributed by atoms with van der Waals surface area (Å²) in [6.45, 7) is 5.42. The van der Waals surface area contributed by atoms with E-state index in [0.29, 0.717) is 24.0 Å². The Balaban J connectivity index is 2.93.